The summed E-state index contributed by atoms with van der Waals surface area (Å²) in [4.78, 5) is 24.9. The number of ketones is 1. The second-order valence-electron chi connectivity index (χ2n) is 6.89. The maximum atomic E-state index is 12.6. The molecule has 0 spiro atoms. The number of hydrogen-bond donors (Lipinski definition) is 2. The lowest BCUT2D eigenvalue weighted by atomic mass is 9.82. The third-order valence-electron chi connectivity index (χ3n) is 4.53. The summed E-state index contributed by atoms with van der Waals surface area (Å²) in [6.07, 6.45) is 4.64. The van der Waals surface area contributed by atoms with E-state index in [1.165, 1.54) is 17.5 Å². The van der Waals surface area contributed by atoms with E-state index >= 15 is 0 Å². The topological polar surface area (TPSA) is 105 Å². The molecule has 5 aromatic rings. The van der Waals surface area contributed by atoms with Gasteiger partial charge >= 0.3 is 7.12 Å². The standard InChI is InChI=1S/C19H11BrN2O2S.C5H6BNO2/c20-14-4-3-11-21-18(14)24-13-9-7-12(8-10-13)17(23)19-22-15-5-1-2-6-16(15)25-19;8-6(9)5-2-1-3-7-4-5/h1-11H;1-4,8-9H. The number of ether oxygens (including phenoxy) is 1. The Morgan fingerprint density at radius 3 is 2.35 bits per heavy atom. The van der Waals surface area contributed by atoms with Gasteiger partial charge in [-0.2, -0.15) is 0 Å². The molecule has 2 aromatic carbocycles. The minimum Gasteiger partial charge on any atom is -0.438 e. The van der Waals surface area contributed by atoms with E-state index in [-0.39, 0.29) is 5.78 Å². The molecular weight excluding hydrogens is 517 g/mol. The first kappa shape index (κ1) is 23.7. The summed E-state index contributed by atoms with van der Waals surface area (Å²) in [5, 5.41) is 17.6. The van der Waals surface area contributed by atoms with Crippen molar-refractivity contribution >= 4 is 55.8 Å². The van der Waals surface area contributed by atoms with Crippen molar-refractivity contribution in [2.75, 3.05) is 0 Å². The van der Waals surface area contributed by atoms with Crippen LogP contribution in [0, 0.1) is 0 Å². The number of carbonyl (C=O) groups is 1. The van der Waals surface area contributed by atoms with Crippen LogP contribution in [0.5, 0.6) is 11.6 Å². The van der Waals surface area contributed by atoms with Gasteiger partial charge in [0, 0.05) is 29.6 Å². The summed E-state index contributed by atoms with van der Waals surface area (Å²) >= 11 is 4.79. The lowest BCUT2D eigenvalue weighted by Gasteiger charge is -2.06. The first-order valence-electron chi connectivity index (χ1n) is 10.1. The summed E-state index contributed by atoms with van der Waals surface area (Å²) in [5.41, 5.74) is 1.83. The highest BCUT2D eigenvalue weighted by molar-refractivity contribution is 9.10. The van der Waals surface area contributed by atoms with Crippen molar-refractivity contribution < 1.29 is 19.6 Å². The largest absolute Gasteiger partial charge is 0.490 e. The van der Waals surface area contributed by atoms with Crippen LogP contribution in [0.2, 0.25) is 0 Å². The van der Waals surface area contributed by atoms with E-state index in [2.05, 4.69) is 30.9 Å². The Labute approximate surface area is 208 Å². The molecule has 3 heterocycles. The van der Waals surface area contributed by atoms with Gasteiger partial charge in [0.2, 0.25) is 11.7 Å². The predicted octanol–water partition coefficient (Wildman–Crippen LogP) is 4.24. The zero-order valence-electron chi connectivity index (χ0n) is 17.6. The van der Waals surface area contributed by atoms with Crippen LogP contribution in [0.4, 0.5) is 0 Å². The average Bonchev–Trinajstić information content (AvgIpc) is 3.31. The van der Waals surface area contributed by atoms with Gasteiger partial charge in [0.05, 0.1) is 14.7 Å². The van der Waals surface area contributed by atoms with Crippen LogP contribution in [-0.2, 0) is 0 Å². The molecule has 0 fully saturated rings. The number of para-hydroxylation sites is 1. The van der Waals surface area contributed by atoms with Crippen molar-refractivity contribution in [3.63, 3.8) is 0 Å². The van der Waals surface area contributed by atoms with E-state index in [1.807, 2.05) is 36.4 Å². The molecule has 5 rings (SSSR count). The maximum Gasteiger partial charge on any atom is 0.490 e. The Morgan fingerprint density at radius 1 is 0.941 bits per heavy atom. The third kappa shape index (κ3) is 5.92. The Balaban J connectivity index is 0.000000257. The molecule has 0 aliphatic carbocycles. The predicted molar refractivity (Wildman–Crippen MR) is 136 cm³/mol. The van der Waals surface area contributed by atoms with E-state index in [1.54, 1.807) is 48.8 Å². The molecule has 3 aromatic heterocycles. The molecular formula is C24H17BBrN3O4S. The molecule has 0 aliphatic heterocycles. The maximum absolute atomic E-state index is 12.6. The van der Waals surface area contributed by atoms with Gasteiger partial charge in [0.15, 0.2) is 5.01 Å². The number of benzene rings is 2. The summed E-state index contributed by atoms with van der Waals surface area (Å²) in [5.74, 6) is 1.000. The minimum absolute atomic E-state index is 0.0910. The molecule has 0 saturated carbocycles. The van der Waals surface area contributed by atoms with Crippen molar-refractivity contribution in [2.45, 2.75) is 0 Å². The number of pyridine rings is 2. The van der Waals surface area contributed by atoms with Crippen LogP contribution < -0.4 is 10.2 Å². The molecule has 0 amide bonds. The van der Waals surface area contributed by atoms with E-state index in [9.17, 15) is 4.79 Å². The van der Waals surface area contributed by atoms with E-state index in [4.69, 9.17) is 14.8 Å². The van der Waals surface area contributed by atoms with Crippen molar-refractivity contribution in [1.82, 2.24) is 15.0 Å². The van der Waals surface area contributed by atoms with Crippen LogP contribution >= 0.6 is 27.3 Å². The van der Waals surface area contributed by atoms with Crippen LogP contribution in [0.3, 0.4) is 0 Å². The molecule has 0 bridgehead atoms. The van der Waals surface area contributed by atoms with E-state index in [0.717, 1.165) is 14.7 Å². The quantitative estimate of drug-likeness (QED) is 0.257. The van der Waals surface area contributed by atoms with Gasteiger partial charge in [-0.1, -0.05) is 18.2 Å². The van der Waals surface area contributed by atoms with Gasteiger partial charge in [-0.05, 0) is 70.5 Å². The Morgan fingerprint density at radius 2 is 1.71 bits per heavy atom. The van der Waals surface area contributed by atoms with Gasteiger partial charge < -0.3 is 14.8 Å². The smallest absolute Gasteiger partial charge is 0.438 e. The van der Waals surface area contributed by atoms with E-state index in [0.29, 0.717) is 27.7 Å². The normalized spacial score (nSPS) is 10.3. The van der Waals surface area contributed by atoms with E-state index < -0.39 is 7.12 Å². The number of hydrogen-bond acceptors (Lipinski definition) is 8. The second-order valence-corrected chi connectivity index (χ2v) is 8.78. The van der Waals surface area contributed by atoms with Crippen LogP contribution in [0.25, 0.3) is 10.2 Å². The summed E-state index contributed by atoms with van der Waals surface area (Å²) in [6, 6.07) is 21.6. The number of nitrogens with zero attached hydrogens (tertiary/aromatic N) is 3. The van der Waals surface area contributed by atoms with Gasteiger partial charge in [-0.15, -0.1) is 11.3 Å². The fourth-order valence-electron chi connectivity index (χ4n) is 2.85. The molecule has 0 unspecified atom stereocenters. The second kappa shape index (κ2) is 11.1. The number of carbonyl (C=O) groups excluding carboxylic acids is 1. The Bertz CT molecular complexity index is 1370. The molecule has 0 aliphatic rings. The first-order valence-corrected chi connectivity index (χ1v) is 11.7. The summed E-state index contributed by atoms with van der Waals surface area (Å²) < 4.78 is 7.49. The van der Waals surface area contributed by atoms with Gasteiger partial charge in [0.25, 0.3) is 0 Å². The SMILES string of the molecule is O=C(c1ccc(Oc2ncccc2Br)cc1)c1nc2ccccc2s1.OB(O)c1cccnc1. The molecule has 0 atom stereocenters. The molecule has 0 saturated heterocycles. The molecule has 10 heteroatoms. The fraction of sp³-hybridized carbons (Fsp3) is 0. The van der Waals surface area contributed by atoms with Crippen molar-refractivity contribution in [3.05, 3.63) is 106 Å². The number of fused-ring (bicyclic) bond motifs is 1. The number of rotatable bonds is 5. The highest BCUT2D eigenvalue weighted by Gasteiger charge is 2.15. The molecule has 0 radical (unpaired) electrons. The monoisotopic (exact) mass is 533 g/mol. The Hall–Kier alpha value is -3.44. The summed E-state index contributed by atoms with van der Waals surface area (Å²) in [7, 11) is -1.40. The van der Waals surface area contributed by atoms with Crippen molar-refractivity contribution in [2.24, 2.45) is 0 Å². The number of aromatic nitrogens is 3. The minimum atomic E-state index is -1.40. The summed E-state index contributed by atoms with van der Waals surface area (Å²) in [6.45, 7) is 0. The molecule has 7 nitrogen and oxygen atoms in total. The zero-order valence-corrected chi connectivity index (χ0v) is 20.0. The average molecular weight is 534 g/mol. The Kier molecular flexibility index (Phi) is 7.76. The van der Waals surface area contributed by atoms with Crippen LogP contribution in [0.1, 0.15) is 15.4 Å². The highest BCUT2D eigenvalue weighted by Crippen LogP contribution is 2.28. The zero-order chi connectivity index (χ0) is 23.9. The first-order chi connectivity index (χ1) is 16.5. The van der Waals surface area contributed by atoms with Gasteiger partial charge in [-0.3, -0.25) is 9.78 Å². The highest BCUT2D eigenvalue weighted by atomic mass is 79.9. The van der Waals surface area contributed by atoms with Crippen molar-refractivity contribution in [3.8, 4) is 11.6 Å². The van der Waals surface area contributed by atoms with Gasteiger partial charge in [-0.25, -0.2) is 9.97 Å². The molecule has 34 heavy (non-hydrogen) atoms. The molecule has 2 N–H and O–H groups in total. The number of halogens is 1. The van der Waals surface area contributed by atoms with Gasteiger partial charge in [0.1, 0.15) is 5.75 Å². The van der Waals surface area contributed by atoms with Crippen molar-refractivity contribution in [1.29, 1.82) is 0 Å². The lowest BCUT2D eigenvalue weighted by Crippen LogP contribution is -2.29. The third-order valence-corrected chi connectivity index (χ3v) is 6.17. The fourth-order valence-corrected chi connectivity index (χ4v) is 4.12. The molecule has 168 valence electrons. The van der Waals surface area contributed by atoms with Crippen LogP contribution in [-0.4, -0.2) is 37.9 Å². The van der Waals surface area contributed by atoms with Crippen LogP contribution in [0.15, 0.2) is 95.9 Å². The number of thiazole rings is 1. The lowest BCUT2D eigenvalue weighted by molar-refractivity contribution is 0.103.